The van der Waals surface area contributed by atoms with Crippen molar-refractivity contribution < 1.29 is 19.2 Å². The maximum absolute atomic E-state index is 12.4. The number of nitro groups is 1. The van der Waals surface area contributed by atoms with Crippen LogP contribution in [0.4, 0.5) is 5.69 Å². The number of hydrogen-bond donors (Lipinski definition) is 2. The molecule has 2 rings (SSSR count). The zero-order valence-electron chi connectivity index (χ0n) is 12.5. The molecule has 1 unspecified atom stereocenters. The molecule has 1 fully saturated rings. The zero-order valence-corrected chi connectivity index (χ0v) is 12.5. The van der Waals surface area contributed by atoms with Gasteiger partial charge < -0.3 is 20.5 Å². The topological polar surface area (TPSA) is 117 Å². The lowest BCUT2D eigenvalue weighted by molar-refractivity contribution is -0.385. The van der Waals surface area contributed by atoms with E-state index in [-0.39, 0.29) is 28.8 Å². The molecule has 1 aromatic carbocycles. The monoisotopic (exact) mass is 309 g/mol. The van der Waals surface area contributed by atoms with Crippen molar-refractivity contribution in [1.82, 2.24) is 5.32 Å². The summed E-state index contributed by atoms with van der Waals surface area (Å²) in [7, 11) is 2.77. The maximum Gasteiger partial charge on any atom is 0.286 e. The Labute approximate surface area is 127 Å². The number of ether oxygens (including phenoxy) is 2. The van der Waals surface area contributed by atoms with Gasteiger partial charge in [-0.3, -0.25) is 14.9 Å². The van der Waals surface area contributed by atoms with E-state index >= 15 is 0 Å². The lowest BCUT2D eigenvalue weighted by Crippen LogP contribution is -2.41. The Morgan fingerprint density at radius 1 is 1.41 bits per heavy atom. The highest BCUT2D eigenvalue weighted by Crippen LogP contribution is 2.35. The lowest BCUT2D eigenvalue weighted by atomic mass is 10.1. The number of nitrogens with zero attached hydrogens (tertiary/aromatic N) is 1. The van der Waals surface area contributed by atoms with Crippen LogP contribution >= 0.6 is 0 Å². The van der Waals surface area contributed by atoms with E-state index in [4.69, 9.17) is 15.2 Å². The van der Waals surface area contributed by atoms with Gasteiger partial charge in [0.25, 0.3) is 11.6 Å². The fourth-order valence-electron chi connectivity index (χ4n) is 2.32. The highest BCUT2D eigenvalue weighted by Gasteiger charge is 2.33. The fraction of sp³-hybridized carbons (Fsp3) is 0.500. The molecule has 0 spiro atoms. The quantitative estimate of drug-likeness (QED) is 0.575. The molecular formula is C14H19N3O5. The van der Waals surface area contributed by atoms with E-state index in [1.54, 1.807) is 0 Å². The normalized spacial score (nSPS) is 15.0. The Kier molecular flexibility index (Phi) is 4.81. The van der Waals surface area contributed by atoms with E-state index in [0.29, 0.717) is 12.5 Å². The smallest absolute Gasteiger partial charge is 0.286 e. The molecule has 0 aliphatic heterocycles. The number of methoxy groups -OCH3 is 2. The molecule has 1 amide bonds. The summed E-state index contributed by atoms with van der Waals surface area (Å²) in [5, 5.41) is 14.0. The SMILES string of the molecule is COc1cc(C(=O)NC(CN)C2CC2)c([N+](=O)[O-])cc1OC. The predicted molar refractivity (Wildman–Crippen MR) is 79.2 cm³/mol. The van der Waals surface area contributed by atoms with Gasteiger partial charge in [0.1, 0.15) is 5.56 Å². The van der Waals surface area contributed by atoms with Crippen molar-refractivity contribution in [3.05, 3.63) is 27.8 Å². The number of nitrogens with two attached hydrogens (primary N) is 1. The summed E-state index contributed by atoms with van der Waals surface area (Å²) in [5.74, 6) is 0.278. The lowest BCUT2D eigenvalue weighted by Gasteiger charge is -2.16. The van der Waals surface area contributed by atoms with Gasteiger partial charge in [-0.2, -0.15) is 0 Å². The highest BCUT2D eigenvalue weighted by atomic mass is 16.6. The average molecular weight is 309 g/mol. The summed E-state index contributed by atoms with van der Waals surface area (Å²) >= 11 is 0. The minimum atomic E-state index is -0.620. The number of amides is 1. The highest BCUT2D eigenvalue weighted by molar-refractivity contribution is 5.99. The van der Waals surface area contributed by atoms with Crippen LogP contribution in [0.5, 0.6) is 11.5 Å². The molecule has 8 heteroatoms. The van der Waals surface area contributed by atoms with Crippen LogP contribution in [0.15, 0.2) is 12.1 Å². The molecular weight excluding hydrogens is 290 g/mol. The van der Waals surface area contributed by atoms with Gasteiger partial charge in [-0.05, 0) is 18.8 Å². The third kappa shape index (κ3) is 3.28. The Morgan fingerprint density at radius 2 is 2.00 bits per heavy atom. The van der Waals surface area contributed by atoms with Crippen molar-refractivity contribution in [2.75, 3.05) is 20.8 Å². The van der Waals surface area contributed by atoms with Gasteiger partial charge in [-0.1, -0.05) is 0 Å². The van der Waals surface area contributed by atoms with Gasteiger partial charge in [-0.25, -0.2) is 0 Å². The van der Waals surface area contributed by atoms with Gasteiger partial charge >= 0.3 is 0 Å². The molecule has 8 nitrogen and oxygen atoms in total. The Bertz CT molecular complexity index is 586. The van der Waals surface area contributed by atoms with E-state index in [0.717, 1.165) is 12.8 Å². The summed E-state index contributed by atoms with van der Waals surface area (Å²) in [6.07, 6.45) is 2.02. The van der Waals surface area contributed by atoms with Crippen molar-refractivity contribution in [2.24, 2.45) is 11.7 Å². The van der Waals surface area contributed by atoms with Crippen molar-refractivity contribution >= 4 is 11.6 Å². The molecule has 3 N–H and O–H groups in total. The van der Waals surface area contributed by atoms with Crippen LogP contribution in [-0.2, 0) is 0 Å². The number of nitrogens with one attached hydrogen (secondary N) is 1. The van der Waals surface area contributed by atoms with Crippen LogP contribution in [0, 0.1) is 16.0 Å². The standard InChI is InChI=1S/C14H19N3O5/c1-21-12-5-9(11(17(19)20)6-13(12)22-2)14(18)16-10(7-15)8-3-4-8/h5-6,8,10H,3-4,7,15H2,1-2H3,(H,16,18). The summed E-state index contributed by atoms with van der Waals surface area (Å²) in [4.78, 5) is 23.0. The number of benzene rings is 1. The second-order valence-electron chi connectivity index (χ2n) is 5.13. The summed E-state index contributed by atoms with van der Waals surface area (Å²) in [6.45, 7) is 0.303. The molecule has 22 heavy (non-hydrogen) atoms. The first kappa shape index (κ1) is 16.0. The second-order valence-corrected chi connectivity index (χ2v) is 5.13. The Morgan fingerprint density at radius 3 is 2.45 bits per heavy atom. The minimum absolute atomic E-state index is 0.0678. The third-order valence-corrected chi connectivity index (χ3v) is 3.70. The van der Waals surface area contributed by atoms with Crippen LogP contribution in [-0.4, -0.2) is 37.6 Å². The van der Waals surface area contributed by atoms with E-state index in [1.807, 2.05) is 0 Å². The third-order valence-electron chi connectivity index (χ3n) is 3.70. The van der Waals surface area contributed by atoms with Gasteiger partial charge in [0.05, 0.1) is 25.2 Å². The van der Waals surface area contributed by atoms with Crippen LogP contribution in [0.25, 0.3) is 0 Å². The molecule has 1 atom stereocenters. The van der Waals surface area contributed by atoms with Gasteiger partial charge in [0, 0.05) is 18.7 Å². The van der Waals surface area contributed by atoms with E-state index in [1.165, 1.54) is 26.4 Å². The Hall–Kier alpha value is -2.35. The van der Waals surface area contributed by atoms with E-state index in [2.05, 4.69) is 5.32 Å². The first-order chi connectivity index (χ1) is 10.5. The number of carbonyl (C=O) groups is 1. The number of hydrogen-bond acceptors (Lipinski definition) is 6. The molecule has 0 bridgehead atoms. The summed E-state index contributed by atoms with van der Waals surface area (Å²) in [6, 6.07) is 2.33. The van der Waals surface area contributed by atoms with Crippen LogP contribution in [0.1, 0.15) is 23.2 Å². The number of rotatable bonds is 7. The molecule has 0 radical (unpaired) electrons. The van der Waals surface area contributed by atoms with E-state index < -0.39 is 10.8 Å². The molecule has 1 aromatic rings. The molecule has 1 saturated carbocycles. The van der Waals surface area contributed by atoms with Crippen LogP contribution in [0.3, 0.4) is 0 Å². The van der Waals surface area contributed by atoms with E-state index in [9.17, 15) is 14.9 Å². The van der Waals surface area contributed by atoms with Gasteiger partial charge in [0.2, 0.25) is 0 Å². The number of nitro benzene ring substituents is 1. The van der Waals surface area contributed by atoms with Crippen LogP contribution in [0.2, 0.25) is 0 Å². The molecule has 0 aromatic heterocycles. The van der Waals surface area contributed by atoms with Gasteiger partial charge in [0.15, 0.2) is 11.5 Å². The molecule has 0 saturated heterocycles. The first-order valence-electron chi connectivity index (χ1n) is 6.93. The molecule has 0 heterocycles. The fourth-order valence-corrected chi connectivity index (χ4v) is 2.32. The van der Waals surface area contributed by atoms with Crippen molar-refractivity contribution in [2.45, 2.75) is 18.9 Å². The minimum Gasteiger partial charge on any atom is -0.493 e. The van der Waals surface area contributed by atoms with Gasteiger partial charge in [-0.15, -0.1) is 0 Å². The largest absolute Gasteiger partial charge is 0.493 e. The zero-order chi connectivity index (χ0) is 16.3. The molecule has 120 valence electrons. The summed E-state index contributed by atoms with van der Waals surface area (Å²) < 4.78 is 10.1. The van der Waals surface area contributed by atoms with Crippen molar-refractivity contribution in [3.8, 4) is 11.5 Å². The second kappa shape index (κ2) is 6.61. The first-order valence-corrected chi connectivity index (χ1v) is 6.93. The van der Waals surface area contributed by atoms with Crippen LogP contribution < -0.4 is 20.5 Å². The average Bonchev–Trinajstić information content (AvgIpc) is 3.35. The Balaban J connectivity index is 2.34. The van der Waals surface area contributed by atoms with Crippen molar-refractivity contribution in [3.63, 3.8) is 0 Å². The number of carbonyl (C=O) groups excluding carboxylic acids is 1. The molecule has 1 aliphatic carbocycles. The summed E-state index contributed by atoms with van der Waals surface area (Å²) in [5.41, 5.74) is 5.25. The molecule has 1 aliphatic rings. The predicted octanol–water partition coefficient (Wildman–Crippen LogP) is 1.08. The maximum atomic E-state index is 12.4. The van der Waals surface area contributed by atoms with Crippen molar-refractivity contribution in [1.29, 1.82) is 0 Å².